The van der Waals surface area contributed by atoms with Gasteiger partial charge in [0.25, 0.3) is 10.2 Å². The molecule has 1 aromatic carbocycles. The standard InChI is InChI=1S/C18H30N4O6S2/c1-13(2)20-29(24,25)15-8-9-17(28-5)16(11-15)19-18(23)14-7-6-10-22(12-14)30(26,27)21(3)4/h8-9,11,13-14,20H,6-7,10,12H2,1-5H3,(H,19,23)/t14-/m1/s1. The Morgan fingerprint density at radius 2 is 1.90 bits per heavy atom. The van der Waals surface area contributed by atoms with E-state index in [-0.39, 0.29) is 23.2 Å². The van der Waals surface area contributed by atoms with E-state index < -0.39 is 32.1 Å². The third-order valence-corrected chi connectivity index (χ3v) is 8.24. The van der Waals surface area contributed by atoms with Crippen LogP contribution in [-0.4, -0.2) is 71.7 Å². The molecule has 170 valence electrons. The number of carbonyl (C=O) groups excluding carboxylic acids is 1. The van der Waals surface area contributed by atoms with E-state index in [9.17, 15) is 21.6 Å². The molecule has 0 spiro atoms. The number of ether oxygens (including phenoxy) is 1. The molecule has 2 N–H and O–H groups in total. The molecule has 1 aromatic rings. The summed E-state index contributed by atoms with van der Waals surface area (Å²) in [5.74, 6) is -0.647. The van der Waals surface area contributed by atoms with E-state index in [1.165, 1.54) is 43.7 Å². The van der Waals surface area contributed by atoms with Gasteiger partial charge in [0.2, 0.25) is 15.9 Å². The van der Waals surface area contributed by atoms with Crippen LogP contribution in [0.2, 0.25) is 0 Å². The Balaban J connectivity index is 2.24. The van der Waals surface area contributed by atoms with Gasteiger partial charge in [-0.3, -0.25) is 4.79 Å². The second-order valence-corrected chi connectivity index (χ2v) is 11.5. The van der Waals surface area contributed by atoms with Gasteiger partial charge in [-0.1, -0.05) is 0 Å². The molecule has 1 amide bonds. The minimum Gasteiger partial charge on any atom is -0.495 e. The van der Waals surface area contributed by atoms with Crippen LogP contribution in [0.25, 0.3) is 0 Å². The largest absolute Gasteiger partial charge is 0.495 e. The molecule has 0 radical (unpaired) electrons. The molecule has 1 saturated heterocycles. The number of hydrogen-bond acceptors (Lipinski definition) is 6. The van der Waals surface area contributed by atoms with Crippen molar-refractivity contribution in [2.45, 2.75) is 37.6 Å². The fourth-order valence-electron chi connectivity index (χ4n) is 3.16. The molecular weight excluding hydrogens is 432 g/mol. The number of sulfonamides is 1. The maximum absolute atomic E-state index is 12.8. The first-order valence-electron chi connectivity index (χ1n) is 9.57. The number of benzene rings is 1. The normalized spacial score (nSPS) is 18.6. The van der Waals surface area contributed by atoms with Crippen molar-refractivity contribution >= 4 is 31.8 Å². The lowest BCUT2D eigenvalue weighted by Crippen LogP contribution is -2.47. The van der Waals surface area contributed by atoms with E-state index >= 15 is 0 Å². The van der Waals surface area contributed by atoms with Crippen LogP contribution in [0.5, 0.6) is 5.75 Å². The summed E-state index contributed by atoms with van der Waals surface area (Å²) >= 11 is 0. The van der Waals surface area contributed by atoms with Crippen molar-refractivity contribution in [1.29, 1.82) is 0 Å². The second-order valence-electron chi connectivity index (χ2n) is 7.61. The number of piperidine rings is 1. The molecule has 0 aromatic heterocycles. The fourth-order valence-corrected chi connectivity index (χ4v) is 5.63. The zero-order valence-corrected chi connectivity index (χ0v) is 19.5. The summed E-state index contributed by atoms with van der Waals surface area (Å²) in [5, 5.41) is 2.71. The van der Waals surface area contributed by atoms with E-state index in [0.29, 0.717) is 25.1 Å². The van der Waals surface area contributed by atoms with Crippen LogP contribution < -0.4 is 14.8 Å². The Morgan fingerprint density at radius 1 is 1.23 bits per heavy atom. The number of methoxy groups -OCH3 is 1. The summed E-state index contributed by atoms with van der Waals surface area (Å²) in [6.07, 6.45) is 1.08. The number of carbonyl (C=O) groups is 1. The van der Waals surface area contributed by atoms with E-state index in [2.05, 4.69) is 10.0 Å². The molecule has 0 bridgehead atoms. The summed E-state index contributed by atoms with van der Waals surface area (Å²) < 4.78 is 59.8. The molecule has 30 heavy (non-hydrogen) atoms. The van der Waals surface area contributed by atoms with Gasteiger partial charge in [0.15, 0.2) is 0 Å². The molecule has 12 heteroatoms. The van der Waals surface area contributed by atoms with Crippen molar-refractivity contribution in [2.24, 2.45) is 5.92 Å². The van der Waals surface area contributed by atoms with Crippen molar-refractivity contribution in [1.82, 2.24) is 13.3 Å². The van der Waals surface area contributed by atoms with Gasteiger partial charge in [0, 0.05) is 33.2 Å². The lowest BCUT2D eigenvalue weighted by atomic mass is 9.98. The van der Waals surface area contributed by atoms with Crippen LogP contribution in [0.3, 0.4) is 0 Å². The SMILES string of the molecule is COc1ccc(S(=O)(=O)NC(C)C)cc1NC(=O)[C@@H]1CCCN(S(=O)(=O)N(C)C)C1. The molecule has 1 fully saturated rings. The third kappa shape index (κ3) is 5.70. The predicted octanol–water partition coefficient (Wildman–Crippen LogP) is 0.839. The Hall–Kier alpha value is -1.73. The Labute approximate surface area is 178 Å². The molecule has 1 aliphatic heterocycles. The second kappa shape index (κ2) is 9.60. The minimum atomic E-state index is -3.76. The number of anilines is 1. The van der Waals surface area contributed by atoms with Gasteiger partial charge in [0.1, 0.15) is 5.75 Å². The zero-order chi connectivity index (χ0) is 22.7. The van der Waals surface area contributed by atoms with Gasteiger partial charge in [0.05, 0.1) is 23.6 Å². The third-order valence-electron chi connectivity index (χ3n) is 4.67. The summed E-state index contributed by atoms with van der Waals surface area (Å²) in [6.45, 7) is 3.82. The highest BCUT2D eigenvalue weighted by Gasteiger charge is 2.33. The summed E-state index contributed by atoms with van der Waals surface area (Å²) in [4.78, 5) is 12.8. The highest BCUT2D eigenvalue weighted by Crippen LogP contribution is 2.29. The minimum absolute atomic E-state index is 0.00671. The van der Waals surface area contributed by atoms with E-state index in [0.717, 1.165) is 4.31 Å². The first-order chi connectivity index (χ1) is 13.9. The van der Waals surface area contributed by atoms with Crippen LogP contribution >= 0.6 is 0 Å². The molecule has 0 aliphatic carbocycles. The average Bonchev–Trinajstić information content (AvgIpc) is 2.66. The van der Waals surface area contributed by atoms with Crippen molar-refractivity contribution in [2.75, 3.05) is 39.6 Å². The summed E-state index contributed by atoms with van der Waals surface area (Å²) in [6, 6.07) is 3.90. The van der Waals surface area contributed by atoms with Crippen LogP contribution in [0.1, 0.15) is 26.7 Å². The highest BCUT2D eigenvalue weighted by molar-refractivity contribution is 7.89. The number of rotatable bonds is 8. The van der Waals surface area contributed by atoms with Crippen molar-refractivity contribution < 1.29 is 26.4 Å². The van der Waals surface area contributed by atoms with Gasteiger partial charge < -0.3 is 10.1 Å². The van der Waals surface area contributed by atoms with Crippen LogP contribution in [0, 0.1) is 5.92 Å². The van der Waals surface area contributed by atoms with Crippen LogP contribution in [0.4, 0.5) is 5.69 Å². The summed E-state index contributed by atoms with van der Waals surface area (Å²) in [7, 11) is -3.07. The average molecular weight is 463 g/mol. The molecule has 1 atom stereocenters. The number of amides is 1. The monoisotopic (exact) mass is 462 g/mol. The first-order valence-corrected chi connectivity index (χ1v) is 12.5. The molecule has 1 heterocycles. The number of nitrogens with zero attached hydrogens (tertiary/aromatic N) is 2. The quantitative estimate of drug-likeness (QED) is 0.590. The topological polar surface area (TPSA) is 125 Å². The highest BCUT2D eigenvalue weighted by atomic mass is 32.2. The smallest absolute Gasteiger partial charge is 0.281 e. The van der Waals surface area contributed by atoms with E-state index in [1.807, 2.05) is 0 Å². The molecule has 0 saturated carbocycles. The lowest BCUT2D eigenvalue weighted by Gasteiger charge is -2.32. The van der Waals surface area contributed by atoms with Crippen molar-refractivity contribution in [3.05, 3.63) is 18.2 Å². The molecule has 1 aliphatic rings. The Bertz CT molecular complexity index is 976. The van der Waals surface area contributed by atoms with Crippen LogP contribution in [-0.2, 0) is 25.0 Å². The zero-order valence-electron chi connectivity index (χ0n) is 17.9. The van der Waals surface area contributed by atoms with Gasteiger partial charge in [-0.25, -0.2) is 13.1 Å². The van der Waals surface area contributed by atoms with E-state index in [4.69, 9.17) is 4.74 Å². The number of nitrogens with one attached hydrogen (secondary N) is 2. The first kappa shape index (κ1) is 24.5. The van der Waals surface area contributed by atoms with Crippen molar-refractivity contribution in [3.8, 4) is 5.75 Å². The molecule has 2 rings (SSSR count). The lowest BCUT2D eigenvalue weighted by molar-refractivity contribution is -0.120. The van der Waals surface area contributed by atoms with Gasteiger partial charge >= 0.3 is 0 Å². The van der Waals surface area contributed by atoms with Crippen LogP contribution in [0.15, 0.2) is 23.1 Å². The Morgan fingerprint density at radius 3 is 2.47 bits per heavy atom. The molecular formula is C18H30N4O6S2. The van der Waals surface area contributed by atoms with Crippen molar-refractivity contribution in [3.63, 3.8) is 0 Å². The Kier molecular flexibility index (Phi) is 7.85. The predicted molar refractivity (Wildman–Crippen MR) is 114 cm³/mol. The van der Waals surface area contributed by atoms with Gasteiger partial charge in [-0.2, -0.15) is 17.0 Å². The van der Waals surface area contributed by atoms with Gasteiger partial charge in [-0.05, 0) is 44.9 Å². The summed E-state index contributed by atoms with van der Waals surface area (Å²) in [5.41, 5.74) is 0.210. The number of hydrogen-bond donors (Lipinski definition) is 2. The van der Waals surface area contributed by atoms with Gasteiger partial charge in [-0.15, -0.1) is 0 Å². The maximum Gasteiger partial charge on any atom is 0.281 e. The maximum atomic E-state index is 12.8. The molecule has 0 unspecified atom stereocenters. The van der Waals surface area contributed by atoms with E-state index in [1.54, 1.807) is 13.8 Å². The fraction of sp³-hybridized carbons (Fsp3) is 0.611. The molecule has 10 nitrogen and oxygen atoms in total.